The van der Waals surface area contributed by atoms with Gasteiger partial charge in [0.25, 0.3) is 0 Å². The van der Waals surface area contributed by atoms with Crippen molar-refractivity contribution in [1.82, 2.24) is 10.4 Å². The maximum absolute atomic E-state index is 14.8. The van der Waals surface area contributed by atoms with Crippen LogP contribution < -0.4 is 16.0 Å². The molecule has 3 aliphatic rings. The Morgan fingerprint density at radius 3 is 2.75 bits per heavy atom. The van der Waals surface area contributed by atoms with Gasteiger partial charge in [0, 0.05) is 29.6 Å². The van der Waals surface area contributed by atoms with Gasteiger partial charge in [0.05, 0.1) is 11.7 Å². The van der Waals surface area contributed by atoms with Crippen molar-refractivity contribution in [2.75, 3.05) is 30.6 Å². The second kappa shape index (κ2) is 7.91. The van der Waals surface area contributed by atoms with Crippen LogP contribution in [0, 0.1) is 5.82 Å². The molecule has 2 heterocycles. The van der Waals surface area contributed by atoms with Crippen LogP contribution in [0.15, 0.2) is 52.1 Å². The van der Waals surface area contributed by atoms with Crippen LogP contribution in [0.1, 0.15) is 25.3 Å². The molecule has 2 N–H and O–H groups in total. The summed E-state index contributed by atoms with van der Waals surface area (Å²) < 4.78 is 14.8. The van der Waals surface area contributed by atoms with Crippen molar-refractivity contribution in [3.8, 4) is 0 Å². The second-order valence-electron chi connectivity index (χ2n) is 7.36. The Kier molecular flexibility index (Phi) is 5.52. The van der Waals surface area contributed by atoms with Crippen LogP contribution in [0.3, 0.4) is 0 Å². The van der Waals surface area contributed by atoms with E-state index in [-0.39, 0.29) is 11.9 Å². The number of likely N-dealkylation sites (N-methyl/N-ethyl adjacent to an activating group) is 1. The first kappa shape index (κ1) is 19.5. The van der Waals surface area contributed by atoms with E-state index in [1.165, 1.54) is 5.57 Å². The molecule has 0 fully saturated rings. The van der Waals surface area contributed by atoms with Crippen molar-refractivity contribution in [2.24, 2.45) is 0 Å². The molecule has 0 aromatic heterocycles. The zero-order valence-corrected chi connectivity index (χ0v) is 17.4. The Bertz CT molecular complexity index is 919. The lowest BCUT2D eigenvalue weighted by atomic mass is 9.98. The quantitative estimate of drug-likeness (QED) is 0.706. The number of benzene rings is 1. The fourth-order valence-corrected chi connectivity index (χ4v) is 4.18. The first-order valence-corrected chi connectivity index (χ1v) is 10.1. The van der Waals surface area contributed by atoms with Gasteiger partial charge in [-0.1, -0.05) is 41.4 Å². The molecule has 1 aliphatic carbocycles. The monoisotopic (exact) mass is 420 g/mol. The van der Waals surface area contributed by atoms with Gasteiger partial charge in [0.15, 0.2) is 0 Å². The molecule has 0 amide bonds. The highest BCUT2D eigenvalue weighted by molar-refractivity contribution is 6.32. The van der Waals surface area contributed by atoms with Crippen LogP contribution in [0.5, 0.6) is 0 Å². The van der Waals surface area contributed by atoms with Gasteiger partial charge in [0.2, 0.25) is 0 Å². The Hall–Kier alpha value is -1.79. The molecule has 0 radical (unpaired) electrons. The number of hydrazine groups is 2. The number of hydrogen-bond donors (Lipinski definition) is 2. The number of allylic oxidation sites excluding steroid dienone is 4. The Morgan fingerprint density at radius 2 is 2.00 bits per heavy atom. The predicted molar refractivity (Wildman–Crippen MR) is 116 cm³/mol. The van der Waals surface area contributed by atoms with E-state index < -0.39 is 0 Å². The standard InChI is InChI=1S/C21H23Cl2FN4/c1-13(17-5-3-16(22)4-6-18(17)23)28-20-12-15(11-19(24)21(20)25-26-28)14-7-9-27(2)10-8-14/h3-5,7,11-13,25-26H,6,8-10H2,1-2H3. The highest BCUT2D eigenvalue weighted by Crippen LogP contribution is 2.39. The maximum atomic E-state index is 14.8. The van der Waals surface area contributed by atoms with Gasteiger partial charge in [-0.15, -0.1) is 5.53 Å². The largest absolute Gasteiger partial charge is 0.302 e. The fourth-order valence-electron chi connectivity index (χ4n) is 3.74. The summed E-state index contributed by atoms with van der Waals surface area (Å²) in [5, 5.41) is 3.30. The summed E-state index contributed by atoms with van der Waals surface area (Å²) in [4.78, 5) is 2.25. The number of nitrogens with one attached hydrogen (secondary N) is 2. The number of rotatable bonds is 3. The molecule has 148 valence electrons. The first-order valence-electron chi connectivity index (χ1n) is 9.38. The molecule has 28 heavy (non-hydrogen) atoms. The van der Waals surface area contributed by atoms with E-state index in [1.807, 2.05) is 36.2 Å². The summed E-state index contributed by atoms with van der Waals surface area (Å²) in [5.74, 6) is -0.268. The van der Waals surface area contributed by atoms with Gasteiger partial charge in [-0.3, -0.25) is 10.4 Å². The van der Waals surface area contributed by atoms with E-state index in [4.69, 9.17) is 23.2 Å². The predicted octanol–water partition coefficient (Wildman–Crippen LogP) is 5.16. The molecule has 7 heteroatoms. The van der Waals surface area contributed by atoms with Crippen LogP contribution in [-0.2, 0) is 0 Å². The molecule has 1 aromatic rings. The first-order chi connectivity index (χ1) is 13.4. The Labute approximate surface area is 174 Å². The Balaban J connectivity index is 1.68. The highest BCUT2D eigenvalue weighted by atomic mass is 35.5. The lowest BCUT2D eigenvalue weighted by Crippen LogP contribution is -2.43. The fraction of sp³-hybridized carbons (Fsp3) is 0.333. The highest BCUT2D eigenvalue weighted by Gasteiger charge is 2.29. The van der Waals surface area contributed by atoms with Crippen molar-refractivity contribution in [3.05, 3.63) is 63.5 Å². The molecule has 4 rings (SSSR count). The normalized spacial score (nSPS) is 21.1. The summed E-state index contributed by atoms with van der Waals surface area (Å²) >= 11 is 12.6. The van der Waals surface area contributed by atoms with Crippen LogP contribution in [0.4, 0.5) is 15.8 Å². The minimum atomic E-state index is -0.268. The van der Waals surface area contributed by atoms with E-state index in [2.05, 4.69) is 29.0 Å². The third kappa shape index (κ3) is 3.72. The van der Waals surface area contributed by atoms with Gasteiger partial charge in [-0.05, 0) is 55.3 Å². The van der Waals surface area contributed by atoms with Crippen molar-refractivity contribution in [2.45, 2.75) is 25.8 Å². The third-order valence-electron chi connectivity index (χ3n) is 5.46. The topological polar surface area (TPSA) is 30.5 Å². The number of hydrogen-bond acceptors (Lipinski definition) is 4. The molecule has 0 saturated carbocycles. The summed E-state index contributed by atoms with van der Waals surface area (Å²) in [5.41, 5.74) is 10.3. The van der Waals surface area contributed by atoms with Crippen molar-refractivity contribution in [3.63, 3.8) is 0 Å². The number of nitrogens with zero attached hydrogens (tertiary/aromatic N) is 2. The summed E-state index contributed by atoms with van der Waals surface area (Å²) in [6, 6.07) is 3.54. The molecular weight excluding hydrogens is 398 g/mol. The van der Waals surface area contributed by atoms with Crippen molar-refractivity contribution in [1.29, 1.82) is 0 Å². The van der Waals surface area contributed by atoms with E-state index in [9.17, 15) is 4.39 Å². The van der Waals surface area contributed by atoms with Gasteiger partial charge in [-0.2, -0.15) is 0 Å². The minimum Gasteiger partial charge on any atom is -0.302 e. The molecule has 2 aliphatic heterocycles. The molecule has 0 saturated heterocycles. The zero-order valence-electron chi connectivity index (χ0n) is 15.9. The second-order valence-corrected chi connectivity index (χ2v) is 8.26. The molecule has 4 nitrogen and oxygen atoms in total. The van der Waals surface area contributed by atoms with Gasteiger partial charge < -0.3 is 4.90 Å². The summed E-state index contributed by atoms with van der Waals surface area (Å²) in [6.07, 6.45) is 9.32. The average Bonchev–Trinajstić information content (AvgIpc) is 3.03. The third-order valence-corrected chi connectivity index (χ3v) is 6.12. The van der Waals surface area contributed by atoms with Gasteiger partial charge >= 0.3 is 0 Å². The molecule has 1 unspecified atom stereocenters. The van der Waals surface area contributed by atoms with Crippen molar-refractivity contribution >= 4 is 40.1 Å². The number of anilines is 2. The van der Waals surface area contributed by atoms with Crippen LogP contribution in [0.2, 0.25) is 0 Å². The molecule has 0 bridgehead atoms. The molecular formula is C21H23Cl2FN4. The van der Waals surface area contributed by atoms with Gasteiger partial charge in [-0.25, -0.2) is 4.39 Å². The lowest BCUT2D eigenvalue weighted by Gasteiger charge is -2.28. The van der Waals surface area contributed by atoms with Crippen LogP contribution in [-0.4, -0.2) is 31.1 Å². The number of halogens is 3. The summed E-state index contributed by atoms with van der Waals surface area (Å²) in [6.45, 7) is 3.89. The van der Waals surface area contributed by atoms with Crippen LogP contribution in [0.25, 0.3) is 5.57 Å². The molecule has 0 spiro atoms. The molecule has 1 aromatic carbocycles. The van der Waals surface area contributed by atoms with E-state index in [0.29, 0.717) is 17.1 Å². The average molecular weight is 421 g/mol. The number of fused-ring (bicyclic) bond motifs is 1. The van der Waals surface area contributed by atoms with E-state index in [0.717, 1.165) is 41.4 Å². The lowest BCUT2D eigenvalue weighted by molar-refractivity contribution is 0.370. The van der Waals surface area contributed by atoms with Gasteiger partial charge in [0.1, 0.15) is 11.5 Å². The minimum absolute atomic E-state index is 0.116. The SMILES string of the molecule is CC(C1=C(Cl)CC=C(Cl)C=C1)N1NNc2c(F)cc(C3=CCN(C)CC3)cc21. The molecule has 1 atom stereocenters. The van der Waals surface area contributed by atoms with Crippen molar-refractivity contribution < 1.29 is 4.39 Å². The van der Waals surface area contributed by atoms with Crippen LogP contribution >= 0.6 is 23.2 Å². The van der Waals surface area contributed by atoms with E-state index in [1.54, 1.807) is 6.07 Å². The maximum Gasteiger partial charge on any atom is 0.150 e. The summed E-state index contributed by atoms with van der Waals surface area (Å²) in [7, 11) is 2.09. The van der Waals surface area contributed by atoms with E-state index >= 15 is 0 Å². The zero-order chi connectivity index (χ0) is 19.8. The Morgan fingerprint density at radius 1 is 1.18 bits per heavy atom. The smallest absolute Gasteiger partial charge is 0.150 e.